The van der Waals surface area contributed by atoms with Gasteiger partial charge in [0.25, 0.3) is 0 Å². The SMILES string of the molecule is CCC(CNC(=O)C1CCCO1)CC(=O)O. The van der Waals surface area contributed by atoms with Crippen LogP contribution in [0.15, 0.2) is 0 Å². The molecule has 2 unspecified atom stereocenters. The molecule has 1 saturated heterocycles. The third-order valence-corrected chi connectivity index (χ3v) is 2.83. The van der Waals surface area contributed by atoms with E-state index in [4.69, 9.17) is 9.84 Å². The number of amides is 1. The second-order valence-electron chi connectivity index (χ2n) is 4.12. The van der Waals surface area contributed by atoms with Gasteiger partial charge in [-0.2, -0.15) is 0 Å². The molecule has 16 heavy (non-hydrogen) atoms. The summed E-state index contributed by atoms with van der Waals surface area (Å²) in [5.74, 6) is -0.928. The minimum atomic E-state index is -0.821. The number of hydrogen-bond acceptors (Lipinski definition) is 3. The van der Waals surface area contributed by atoms with Crippen molar-refractivity contribution < 1.29 is 19.4 Å². The molecule has 2 atom stereocenters. The lowest BCUT2D eigenvalue weighted by molar-refractivity contribution is -0.138. The van der Waals surface area contributed by atoms with E-state index in [0.29, 0.717) is 13.2 Å². The number of hydrogen-bond donors (Lipinski definition) is 2. The van der Waals surface area contributed by atoms with E-state index in [2.05, 4.69) is 5.32 Å². The Bertz CT molecular complexity index is 248. The number of rotatable bonds is 6. The van der Waals surface area contributed by atoms with E-state index in [9.17, 15) is 9.59 Å². The van der Waals surface area contributed by atoms with Crippen LogP contribution in [0.5, 0.6) is 0 Å². The Hall–Kier alpha value is -1.10. The molecular formula is C11H19NO4. The quantitative estimate of drug-likeness (QED) is 0.705. The molecule has 0 radical (unpaired) electrons. The summed E-state index contributed by atoms with van der Waals surface area (Å²) in [7, 11) is 0. The van der Waals surface area contributed by atoms with Crippen LogP contribution in [0.25, 0.3) is 0 Å². The van der Waals surface area contributed by atoms with Gasteiger partial charge in [-0.15, -0.1) is 0 Å². The zero-order valence-electron chi connectivity index (χ0n) is 9.57. The fourth-order valence-electron chi connectivity index (χ4n) is 1.75. The molecule has 0 spiro atoms. The van der Waals surface area contributed by atoms with E-state index in [0.717, 1.165) is 19.3 Å². The number of carboxylic acid groups (broad SMARTS) is 1. The van der Waals surface area contributed by atoms with E-state index in [1.54, 1.807) is 0 Å². The maximum absolute atomic E-state index is 11.6. The van der Waals surface area contributed by atoms with Crippen molar-refractivity contribution in [3.05, 3.63) is 0 Å². The molecule has 0 saturated carbocycles. The minimum Gasteiger partial charge on any atom is -0.481 e. The summed E-state index contributed by atoms with van der Waals surface area (Å²) in [6.07, 6.45) is 2.20. The van der Waals surface area contributed by atoms with Crippen LogP contribution in [0.2, 0.25) is 0 Å². The summed E-state index contributed by atoms with van der Waals surface area (Å²) in [4.78, 5) is 22.1. The van der Waals surface area contributed by atoms with E-state index in [1.165, 1.54) is 0 Å². The van der Waals surface area contributed by atoms with Gasteiger partial charge in [0.2, 0.25) is 5.91 Å². The van der Waals surface area contributed by atoms with Crippen LogP contribution in [0.3, 0.4) is 0 Å². The zero-order chi connectivity index (χ0) is 12.0. The topological polar surface area (TPSA) is 75.6 Å². The number of carboxylic acids is 1. The first kappa shape index (κ1) is 13.0. The molecule has 0 aromatic rings. The van der Waals surface area contributed by atoms with Crippen molar-refractivity contribution in [3.63, 3.8) is 0 Å². The van der Waals surface area contributed by atoms with Crippen LogP contribution in [-0.2, 0) is 14.3 Å². The molecule has 0 aromatic heterocycles. The fourth-order valence-corrected chi connectivity index (χ4v) is 1.75. The normalized spacial score (nSPS) is 21.7. The van der Waals surface area contributed by atoms with Crippen LogP contribution in [0, 0.1) is 5.92 Å². The average molecular weight is 229 g/mol. The molecule has 1 fully saturated rings. The molecule has 1 heterocycles. The molecule has 2 N–H and O–H groups in total. The second kappa shape index (κ2) is 6.48. The van der Waals surface area contributed by atoms with Crippen LogP contribution < -0.4 is 5.32 Å². The monoisotopic (exact) mass is 229 g/mol. The van der Waals surface area contributed by atoms with Gasteiger partial charge in [-0.05, 0) is 18.8 Å². The Kier molecular flexibility index (Phi) is 5.25. The van der Waals surface area contributed by atoms with E-state index in [-0.39, 0.29) is 24.3 Å². The van der Waals surface area contributed by atoms with Crippen molar-refractivity contribution in [2.45, 2.75) is 38.7 Å². The van der Waals surface area contributed by atoms with Crippen molar-refractivity contribution in [3.8, 4) is 0 Å². The lowest BCUT2D eigenvalue weighted by Crippen LogP contribution is -2.37. The zero-order valence-corrected chi connectivity index (χ0v) is 9.57. The molecule has 1 amide bonds. The highest BCUT2D eigenvalue weighted by atomic mass is 16.5. The van der Waals surface area contributed by atoms with Gasteiger partial charge in [0, 0.05) is 19.6 Å². The van der Waals surface area contributed by atoms with Gasteiger partial charge >= 0.3 is 5.97 Å². The lowest BCUT2D eigenvalue weighted by atomic mass is 10.0. The molecule has 1 rings (SSSR count). The maximum atomic E-state index is 11.6. The number of carbonyl (C=O) groups is 2. The van der Waals surface area contributed by atoms with Crippen LogP contribution in [0.4, 0.5) is 0 Å². The first-order chi connectivity index (χ1) is 7.63. The van der Waals surface area contributed by atoms with Gasteiger partial charge < -0.3 is 15.2 Å². The van der Waals surface area contributed by atoms with Gasteiger partial charge in [0.1, 0.15) is 6.10 Å². The molecule has 92 valence electrons. The highest BCUT2D eigenvalue weighted by molar-refractivity contribution is 5.81. The number of nitrogens with one attached hydrogen (secondary N) is 1. The lowest BCUT2D eigenvalue weighted by Gasteiger charge is -2.15. The summed E-state index contributed by atoms with van der Waals surface area (Å²) in [5.41, 5.74) is 0. The summed E-state index contributed by atoms with van der Waals surface area (Å²) in [6, 6.07) is 0. The first-order valence-corrected chi connectivity index (χ1v) is 5.74. The minimum absolute atomic E-state index is 0.00264. The summed E-state index contributed by atoms with van der Waals surface area (Å²) >= 11 is 0. The predicted octanol–water partition coefficient (Wildman–Crippen LogP) is 0.782. The Morgan fingerprint density at radius 2 is 2.31 bits per heavy atom. The summed E-state index contributed by atoms with van der Waals surface area (Å²) in [5, 5.41) is 11.4. The average Bonchev–Trinajstić information content (AvgIpc) is 2.76. The van der Waals surface area contributed by atoms with Crippen LogP contribution in [0.1, 0.15) is 32.6 Å². The number of aliphatic carboxylic acids is 1. The Morgan fingerprint density at radius 1 is 1.56 bits per heavy atom. The van der Waals surface area contributed by atoms with Gasteiger partial charge in [0.05, 0.1) is 0 Å². The fraction of sp³-hybridized carbons (Fsp3) is 0.818. The van der Waals surface area contributed by atoms with Gasteiger partial charge in [-0.25, -0.2) is 0 Å². The Morgan fingerprint density at radius 3 is 2.81 bits per heavy atom. The third-order valence-electron chi connectivity index (χ3n) is 2.83. The van der Waals surface area contributed by atoms with E-state index in [1.807, 2.05) is 6.92 Å². The maximum Gasteiger partial charge on any atom is 0.303 e. The highest BCUT2D eigenvalue weighted by Crippen LogP contribution is 2.12. The first-order valence-electron chi connectivity index (χ1n) is 5.74. The van der Waals surface area contributed by atoms with Crippen molar-refractivity contribution in [2.75, 3.05) is 13.2 Å². The van der Waals surface area contributed by atoms with Crippen molar-refractivity contribution >= 4 is 11.9 Å². The Labute approximate surface area is 95.2 Å². The summed E-state index contributed by atoms with van der Waals surface area (Å²) in [6.45, 7) is 2.98. The summed E-state index contributed by atoms with van der Waals surface area (Å²) < 4.78 is 5.23. The number of carbonyl (C=O) groups excluding carboxylic acids is 1. The van der Waals surface area contributed by atoms with Crippen LogP contribution >= 0.6 is 0 Å². The molecule has 0 aliphatic carbocycles. The van der Waals surface area contributed by atoms with Gasteiger partial charge in [0.15, 0.2) is 0 Å². The molecule has 0 bridgehead atoms. The highest BCUT2D eigenvalue weighted by Gasteiger charge is 2.24. The molecule has 1 aliphatic rings. The molecule has 1 aliphatic heterocycles. The van der Waals surface area contributed by atoms with Crippen molar-refractivity contribution in [1.29, 1.82) is 0 Å². The van der Waals surface area contributed by atoms with Crippen molar-refractivity contribution in [1.82, 2.24) is 5.32 Å². The Balaban J connectivity index is 2.25. The van der Waals surface area contributed by atoms with E-state index < -0.39 is 5.97 Å². The second-order valence-corrected chi connectivity index (χ2v) is 4.12. The van der Waals surface area contributed by atoms with E-state index >= 15 is 0 Å². The molecular weight excluding hydrogens is 210 g/mol. The molecule has 5 nitrogen and oxygen atoms in total. The van der Waals surface area contributed by atoms with Crippen molar-refractivity contribution in [2.24, 2.45) is 5.92 Å². The molecule has 0 aromatic carbocycles. The van der Waals surface area contributed by atoms with Crippen LogP contribution in [-0.4, -0.2) is 36.2 Å². The third kappa shape index (κ3) is 4.18. The molecule has 5 heteroatoms. The number of ether oxygens (including phenoxy) is 1. The largest absolute Gasteiger partial charge is 0.481 e. The standard InChI is InChI=1S/C11H19NO4/c1-2-8(6-10(13)14)7-12-11(15)9-4-3-5-16-9/h8-9H,2-7H2,1H3,(H,12,15)(H,13,14). The smallest absolute Gasteiger partial charge is 0.303 e. The van der Waals surface area contributed by atoms with Gasteiger partial charge in [-0.3, -0.25) is 9.59 Å². The predicted molar refractivity (Wildman–Crippen MR) is 58.0 cm³/mol. The van der Waals surface area contributed by atoms with Gasteiger partial charge in [-0.1, -0.05) is 13.3 Å².